The Morgan fingerprint density at radius 3 is 1.61 bits per heavy atom. The Morgan fingerprint density at radius 1 is 0.457 bits per heavy atom. The second-order valence-corrected chi connectivity index (χ2v) is 14.0. The zero-order chi connectivity index (χ0) is 31.7. The van der Waals surface area contributed by atoms with Crippen molar-refractivity contribution in [3.05, 3.63) is 150 Å². The van der Waals surface area contributed by atoms with Crippen LogP contribution in [0.2, 0.25) is 0 Å². The summed E-state index contributed by atoms with van der Waals surface area (Å²) in [5.41, 5.74) is 14.2. The first kappa shape index (κ1) is 28.3. The minimum atomic E-state index is 0.115. The first-order valence-corrected chi connectivity index (χ1v) is 16.4. The molecule has 0 aliphatic rings. The van der Waals surface area contributed by atoms with E-state index >= 15 is 0 Å². The van der Waals surface area contributed by atoms with Gasteiger partial charge in [-0.3, -0.25) is 0 Å². The zero-order valence-corrected chi connectivity index (χ0v) is 27.6. The van der Waals surface area contributed by atoms with Crippen LogP contribution in [-0.4, -0.2) is 4.57 Å². The smallest absolute Gasteiger partial charge is 0.0541 e. The fourth-order valence-electron chi connectivity index (χ4n) is 7.52. The van der Waals surface area contributed by atoms with Gasteiger partial charge in [-0.05, 0) is 111 Å². The molecule has 0 saturated heterocycles. The molecule has 1 heterocycles. The zero-order valence-electron chi connectivity index (χ0n) is 27.6. The number of hydrogen-bond donors (Lipinski definition) is 0. The molecule has 1 aromatic heterocycles. The molecule has 224 valence electrons. The molecule has 0 aliphatic carbocycles. The third kappa shape index (κ3) is 4.37. The molecular weight excluding hydrogens is 555 g/mol. The van der Waals surface area contributed by atoms with Gasteiger partial charge in [-0.15, -0.1) is 0 Å². The highest BCUT2D eigenvalue weighted by atomic mass is 15.0. The van der Waals surface area contributed by atoms with Crippen LogP contribution < -0.4 is 0 Å². The number of para-hydroxylation sites is 2. The molecule has 0 unspecified atom stereocenters. The first-order valence-electron chi connectivity index (χ1n) is 16.4. The Morgan fingerprint density at radius 2 is 1.00 bits per heavy atom. The van der Waals surface area contributed by atoms with Crippen molar-refractivity contribution in [2.45, 2.75) is 47.0 Å². The molecular formula is C45H39N. The van der Waals surface area contributed by atoms with E-state index in [9.17, 15) is 0 Å². The van der Waals surface area contributed by atoms with Gasteiger partial charge in [-0.1, -0.05) is 129 Å². The van der Waals surface area contributed by atoms with Gasteiger partial charge in [0.05, 0.1) is 11.0 Å². The summed E-state index contributed by atoms with van der Waals surface area (Å²) in [5, 5.41) is 7.77. The summed E-state index contributed by atoms with van der Waals surface area (Å²) in [5.74, 6) is 0. The maximum Gasteiger partial charge on any atom is 0.0541 e. The lowest BCUT2D eigenvalue weighted by Crippen LogP contribution is -2.10. The molecule has 8 aromatic rings. The molecule has 0 amide bonds. The first-order chi connectivity index (χ1) is 22.2. The average Bonchev–Trinajstić information content (AvgIpc) is 3.38. The van der Waals surface area contributed by atoms with Crippen molar-refractivity contribution in [3.63, 3.8) is 0 Å². The van der Waals surface area contributed by atoms with Crippen molar-refractivity contribution < 1.29 is 0 Å². The van der Waals surface area contributed by atoms with Crippen molar-refractivity contribution in [1.82, 2.24) is 4.57 Å². The van der Waals surface area contributed by atoms with Crippen molar-refractivity contribution >= 4 is 43.4 Å². The molecule has 1 nitrogen and oxygen atoms in total. The summed E-state index contributed by atoms with van der Waals surface area (Å²) < 4.78 is 2.45. The molecule has 0 saturated carbocycles. The molecule has 7 aromatic carbocycles. The van der Waals surface area contributed by atoms with Crippen molar-refractivity contribution in [1.29, 1.82) is 0 Å². The van der Waals surface area contributed by atoms with Gasteiger partial charge in [0, 0.05) is 16.5 Å². The summed E-state index contributed by atoms with van der Waals surface area (Å²) in [6, 6.07) is 47.6. The minimum absolute atomic E-state index is 0.115. The lowest BCUT2D eigenvalue weighted by atomic mass is 9.82. The number of fused-ring (bicyclic) bond motifs is 5. The van der Waals surface area contributed by atoms with E-state index in [0.29, 0.717) is 0 Å². The third-order valence-electron chi connectivity index (χ3n) is 9.85. The highest BCUT2D eigenvalue weighted by Crippen LogP contribution is 2.46. The van der Waals surface area contributed by atoms with Crippen molar-refractivity contribution in [2.24, 2.45) is 0 Å². The Balaban J connectivity index is 1.41. The maximum atomic E-state index is 2.45. The summed E-state index contributed by atoms with van der Waals surface area (Å²) >= 11 is 0. The van der Waals surface area contributed by atoms with Crippen LogP contribution >= 0.6 is 0 Å². The fourth-order valence-corrected chi connectivity index (χ4v) is 7.52. The van der Waals surface area contributed by atoms with E-state index in [-0.39, 0.29) is 5.41 Å². The van der Waals surface area contributed by atoms with E-state index in [1.807, 2.05) is 0 Å². The van der Waals surface area contributed by atoms with E-state index in [0.717, 1.165) is 0 Å². The summed E-state index contributed by atoms with van der Waals surface area (Å²) in [4.78, 5) is 0. The van der Waals surface area contributed by atoms with Crippen molar-refractivity contribution in [3.8, 4) is 27.9 Å². The second kappa shape index (κ2) is 10.5. The molecule has 0 fully saturated rings. The molecule has 0 radical (unpaired) electrons. The number of hydrogen-bond acceptors (Lipinski definition) is 0. The number of rotatable bonds is 3. The highest BCUT2D eigenvalue weighted by Gasteiger charge is 2.21. The predicted octanol–water partition coefficient (Wildman–Crippen LogP) is 12.6. The highest BCUT2D eigenvalue weighted by molar-refractivity contribution is 6.22. The van der Waals surface area contributed by atoms with Crippen LogP contribution in [0.15, 0.2) is 127 Å². The molecule has 46 heavy (non-hydrogen) atoms. The summed E-state index contributed by atoms with van der Waals surface area (Å²) in [7, 11) is 0. The average molecular weight is 594 g/mol. The quantitative estimate of drug-likeness (QED) is 0.180. The van der Waals surface area contributed by atoms with Crippen molar-refractivity contribution in [2.75, 3.05) is 0 Å². The van der Waals surface area contributed by atoms with Crippen LogP contribution in [0.1, 0.15) is 43.0 Å². The van der Waals surface area contributed by atoms with Crippen LogP contribution in [0.3, 0.4) is 0 Å². The van der Waals surface area contributed by atoms with Gasteiger partial charge >= 0.3 is 0 Å². The van der Waals surface area contributed by atoms with Gasteiger partial charge in [-0.2, -0.15) is 0 Å². The van der Waals surface area contributed by atoms with Crippen LogP contribution in [0, 0.1) is 20.8 Å². The van der Waals surface area contributed by atoms with Crippen LogP contribution in [-0.2, 0) is 5.41 Å². The topological polar surface area (TPSA) is 4.93 Å². The van der Waals surface area contributed by atoms with E-state index in [1.165, 1.54) is 93.5 Å². The largest absolute Gasteiger partial charge is 0.309 e. The van der Waals surface area contributed by atoms with Crippen LogP contribution in [0.4, 0.5) is 0 Å². The minimum Gasteiger partial charge on any atom is -0.309 e. The van der Waals surface area contributed by atoms with Gasteiger partial charge in [-0.25, -0.2) is 0 Å². The molecule has 0 atom stereocenters. The Kier molecular flexibility index (Phi) is 6.44. The van der Waals surface area contributed by atoms with Gasteiger partial charge in [0.15, 0.2) is 0 Å². The van der Waals surface area contributed by atoms with Gasteiger partial charge in [0.25, 0.3) is 0 Å². The second-order valence-electron chi connectivity index (χ2n) is 14.0. The Labute approximate surface area is 271 Å². The van der Waals surface area contributed by atoms with Gasteiger partial charge < -0.3 is 4.57 Å². The normalized spacial score (nSPS) is 12.1. The molecule has 0 aliphatic heterocycles. The van der Waals surface area contributed by atoms with E-state index in [2.05, 4.69) is 174 Å². The fraction of sp³-hybridized carbons (Fsp3) is 0.156. The van der Waals surface area contributed by atoms with E-state index < -0.39 is 0 Å². The summed E-state index contributed by atoms with van der Waals surface area (Å²) in [6.07, 6.45) is 0. The lowest BCUT2D eigenvalue weighted by molar-refractivity contribution is 0.590. The maximum absolute atomic E-state index is 2.45. The lowest BCUT2D eigenvalue weighted by Gasteiger charge is -2.22. The Bertz CT molecular complexity index is 2410. The van der Waals surface area contributed by atoms with Crippen LogP contribution in [0.5, 0.6) is 0 Å². The van der Waals surface area contributed by atoms with E-state index in [1.54, 1.807) is 0 Å². The number of aromatic nitrogens is 1. The standard InChI is InChI=1S/C45H39N/c1-28-19-24-37-39(25-28)43(31-20-22-32(23-21-31)45(4,5)6)35-15-7-8-16-36(35)44(37)38-26-30(3)42(27-29(38)2)46-40-17-11-9-13-33(40)34-14-10-12-18-41(34)46/h7-27H,1-6H3. The summed E-state index contributed by atoms with van der Waals surface area (Å²) in [6.45, 7) is 13.6. The third-order valence-corrected chi connectivity index (χ3v) is 9.85. The number of benzene rings is 7. The predicted molar refractivity (Wildman–Crippen MR) is 200 cm³/mol. The van der Waals surface area contributed by atoms with Gasteiger partial charge in [0.2, 0.25) is 0 Å². The number of aryl methyl sites for hydroxylation is 3. The molecule has 0 bridgehead atoms. The molecule has 0 N–H and O–H groups in total. The number of nitrogens with zero attached hydrogens (tertiary/aromatic N) is 1. The van der Waals surface area contributed by atoms with Crippen LogP contribution in [0.25, 0.3) is 71.3 Å². The monoisotopic (exact) mass is 593 g/mol. The SMILES string of the molecule is Cc1ccc2c(-c3cc(C)c(-n4c5ccccc5c5ccccc54)cc3C)c3ccccc3c(-c3ccc(C(C)(C)C)cc3)c2c1. The molecule has 1 heteroatoms. The van der Waals surface area contributed by atoms with Gasteiger partial charge in [0.1, 0.15) is 0 Å². The molecule has 0 spiro atoms. The van der Waals surface area contributed by atoms with E-state index in [4.69, 9.17) is 0 Å². The Hall–Kier alpha value is -5.14. The molecule has 8 rings (SSSR count).